The minimum atomic E-state index is 0.0619. The van der Waals surface area contributed by atoms with E-state index in [4.69, 9.17) is 9.72 Å². The Morgan fingerprint density at radius 1 is 1.00 bits per heavy atom. The molecule has 0 aliphatic carbocycles. The van der Waals surface area contributed by atoms with Crippen LogP contribution in [0.15, 0.2) is 30.5 Å². The molecule has 0 N–H and O–H groups in total. The minimum Gasteiger partial charge on any atom is -0.454 e. The number of fused-ring (bicyclic) bond motifs is 2. The largest absolute Gasteiger partial charge is 0.454 e. The Bertz CT molecular complexity index is 614. The van der Waals surface area contributed by atoms with Gasteiger partial charge < -0.3 is 4.74 Å². The molecule has 0 radical (unpaired) electrons. The van der Waals surface area contributed by atoms with Crippen LogP contribution in [0.4, 0.5) is 0 Å². The molecular weight excluding hydrogens is 236 g/mol. The summed E-state index contributed by atoms with van der Waals surface area (Å²) < 4.78 is 5.95. The number of ether oxygens (including phenoxy) is 1. The van der Waals surface area contributed by atoms with E-state index in [0.29, 0.717) is 0 Å². The predicted octanol–water partition coefficient (Wildman–Crippen LogP) is 3.67. The molecule has 0 atom stereocenters. The van der Waals surface area contributed by atoms with Gasteiger partial charge in [0.25, 0.3) is 0 Å². The lowest BCUT2D eigenvalue weighted by atomic mass is 9.91. The highest BCUT2D eigenvalue weighted by molar-refractivity contribution is 5.41. The number of aromatic nitrogens is 2. The highest BCUT2D eigenvalue weighted by atomic mass is 16.5. The van der Waals surface area contributed by atoms with Crippen LogP contribution in [0, 0.1) is 0 Å². The molecule has 0 aromatic carbocycles. The summed E-state index contributed by atoms with van der Waals surface area (Å²) in [6.07, 6.45) is 3.57. The minimum absolute atomic E-state index is 0.0619. The van der Waals surface area contributed by atoms with Gasteiger partial charge in [0.15, 0.2) is 0 Å². The van der Waals surface area contributed by atoms with Gasteiger partial charge in [-0.25, -0.2) is 0 Å². The lowest BCUT2D eigenvalue weighted by Gasteiger charge is -2.19. The van der Waals surface area contributed by atoms with E-state index in [-0.39, 0.29) is 5.41 Å². The van der Waals surface area contributed by atoms with Crippen molar-refractivity contribution in [3.63, 3.8) is 0 Å². The Morgan fingerprint density at radius 3 is 2.53 bits per heavy atom. The molecule has 19 heavy (non-hydrogen) atoms. The van der Waals surface area contributed by atoms with Crippen LogP contribution in [0.3, 0.4) is 0 Å². The lowest BCUT2D eigenvalue weighted by molar-refractivity contribution is 0.470. The summed E-state index contributed by atoms with van der Waals surface area (Å²) >= 11 is 0. The fraction of sp³-hybridized carbons (Fsp3) is 0.375. The standard InChI is InChI=1S/C16H18N2O/c1-16(2,3)15-9-8-14-12(18-15)7-6-11-13(19-14)5-4-10-17-11/h4-5,8-10H,6-7H2,1-3H3. The van der Waals surface area contributed by atoms with Gasteiger partial charge in [-0.1, -0.05) is 20.8 Å². The summed E-state index contributed by atoms with van der Waals surface area (Å²) in [6.45, 7) is 6.53. The first kappa shape index (κ1) is 12.2. The van der Waals surface area contributed by atoms with Crippen molar-refractivity contribution in [2.45, 2.75) is 39.0 Å². The van der Waals surface area contributed by atoms with Gasteiger partial charge in [-0.05, 0) is 37.1 Å². The van der Waals surface area contributed by atoms with Crippen LogP contribution < -0.4 is 4.74 Å². The second-order valence-electron chi connectivity index (χ2n) is 5.94. The highest BCUT2D eigenvalue weighted by Gasteiger charge is 2.21. The van der Waals surface area contributed by atoms with Crippen LogP contribution in [-0.2, 0) is 18.3 Å². The molecule has 2 aromatic heterocycles. The van der Waals surface area contributed by atoms with E-state index in [0.717, 1.165) is 41.4 Å². The number of hydrogen-bond donors (Lipinski definition) is 0. The van der Waals surface area contributed by atoms with Crippen molar-refractivity contribution in [1.29, 1.82) is 0 Å². The van der Waals surface area contributed by atoms with Crippen molar-refractivity contribution in [3.05, 3.63) is 47.5 Å². The number of nitrogens with zero attached hydrogens (tertiary/aromatic N) is 2. The second kappa shape index (κ2) is 4.34. The molecule has 1 aliphatic heterocycles. The van der Waals surface area contributed by atoms with E-state index in [1.54, 1.807) is 0 Å². The maximum Gasteiger partial charge on any atom is 0.149 e. The third kappa shape index (κ3) is 2.33. The predicted molar refractivity (Wildman–Crippen MR) is 74.7 cm³/mol. The van der Waals surface area contributed by atoms with Gasteiger partial charge in [-0.2, -0.15) is 0 Å². The first-order valence-electron chi connectivity index (χ1n) is 6.66. The summed E-state index contributed by atoms with van der Waals surface area (Å²) in [6, 6.07) is 7.96. The van der Waals surface area contributed by atoms with E-state index in [2.05, 4.69) is 31.8 Å². The third-order valence-electron chi connectivity index (χ3n) is 3.37. The van der Waals surface area contributed by atoms with Crippen LogP contribution in [-0.4, -0.2) is 9.97 Å². The first-order valence-corrected chi connectivity index (χ1v) is 6.66. The summed E-state index contributed by atoms with van der Waals surface area (Å²) in [5.74, 6) is 1.71. The van der Waals surface area contributed by atoms with Crippen LogP contribution >= 0.6 is 0 Å². The topological polar surface area (TPSA) is 35.0 Å². The number of rotatable bonds is 0. The van der Waals surface area contributed by atoms with Gasteiger partial charge in [-0.15, -0.1) is 0 Å². The molecular formula is C16H18N2O. The summed E-state index contributed by atoms with van der Waals surface area (Å²) in [4.78, 5) is 9.16. The van der Waals surface area contributed by atoms with Crippen molar-refractivity contribution in [2.24, 2.45) is 0 Å². The van der Waals surface area contributed by atoms with Crippen molar-refractivity contribution >= 4 is 0 Å². The van der Waals surface area contributed by atoms with Crippen LogP contribution in [0.25, 0.3) is 0 Å². The molecule has 0 saturated heterocycles. The molecule has 3 heterocycles. The monoisotopic (exact) mass is 254 g/mol. The summed E-state index contributed by atoms with van der Waals surface area (Å²) in [7, 11) is 0. The number of pyridine rings is 2. The smallest absolute Gasteiger partial charge is 0.149 e. The van der Waals surface area contributed by atoms with E-state index >= 15 is 0 Å². The third-order valence-corrected chi connectivity index (χ3v) is 3.37. The average Bonchev–Trinajstić information content (AvgIpc) is 2.55. The van der Waals surface area contributed by atoms with Gasteiger partial charge in [0, 0.05) is 17.3 Å². The summed E-state index contributed by atoms with van der Waals surface area (Å²) in [5, 5.41) is 0. The number of hydrogen-bond acceptors (Lipinski definition) is 3. The van der Waals surface area contributed by atoms with Crippen LogP contribution in [0.2, 0.25) is 0 Å². The second-order valence-corrected chi connectivity index (χ2v) is 5.94. The highest BCUT2D eigenvalue weighted by Crippen LogP contribution is 2.33. The van der Waals surface area contributed by atoms with Gasteiger partial charge in [0.05, 0.1) is 11.4 Å². The zero-order chi connectivity index (χ0) is 13.5. The maximum atomic E-state index is 5.95. The molecule has 0 bridgehead atoms. The average molecular weight is 254 g/mol. The molecule has 3 rings (SSSR count). The molecule has 1 aliphatic rings. The quantitative estimate of drug-likeness (QED) is 0.719. The van der Waals surface area contributed by atoms with Gasteiger partial charge >= 0.3 is 0 Å². The van der Waals surface area contributed by atoms with E-state index in [1.165, 1.54) is 0 Å². The van der Waals surface area contributed by atoms with Gasteiger partial charge in [-0.3, -0.25) is 9.97 Å². The molecule has 0 spiro atoms. The zero-order valence-electron chi connectivity index (χ0n) is 11.6. The maximum absolute atomic E-state index is 5.95. The van der Waals surface area contributed by atoms with Crippen LogP contribution in [0.5, 0.6) is 11.5 Å². The van der Waals surface area contributed by atoms with Crippen molar-refractivity contribution in [1.82, 2.24) is 9.97 Å². The SMILES string of the molecule is CC(C)(C)c1ccc2c(n1)CCc1ncccc1O2. The molecule has 0 fully saturated rings. The first-order chi connectivity index (χ1) is 9.04. The number of aryl methyl sites for hydroxylation is 2. The Balaban J connectivity index is 2.02. The Kier molecular flexibility index (Phi) is 2.77. The molecule has 98 valence electrons. The van der Waals surface area contributed by atoms with E-state index in [9.17, 15) is 0 Å². The van der Waals surface area contributed by atoms with Crippen molar-refractivity contribution in [3.8, 4) is 11.5 Å². The fourth-order valence-electron chi connectivity index (χ4n) is 2.24. The van der Waals surface area contributed by atoms with Crippen molar-refractivity contribution in [2.75, 3.05) is 0 Å². The molecule has 2 aromatic rings. The molecule has 0 unspecified atom stereocenters. The Hall–Kier alpha value is -1.90. The molecule has 0 saturated carbocycles. The molecule has 0 amide bonds. The van der Waals surface area contributed by atoms with Gasteiger partial charge in [0.1, 0.15) is 11.5 Å². The summed E-state index contributed by atoms with van der Waals surface area (Å²) in [5.41, 5.74) is 3.21. The van der Waals surface area contributed by atoms with Crippen molar-refractivity contribution < 1.29 is 4.74 Å². The molecule has 3 nitrogen and oxygen atoms in total. The lowest BCUT2D eigenvalue weighted by Crippen LogP contribution is -2.14. The van der Waals surface area contributed by atoms with E-state index in [1.807, 2.05) is 24.4 Å². The normalized spacial score (nSPS) is 14.1. The van der Waals surface area contributed by atoms with Gasteiger partial charge in [0.2, 0.25) is 0 Å². The molecule has 3 heteroatoms. The fourth-order valence-corrected chi connectivity index (χ4v) is 2.24. The Morgan fingerprint density at radius 2 is 1.74 bits per heavy atom. The Labute approximate surface area is 113 Å². The van der Waals surface area contributed by atoms with Crippen LogP contribution in [0.1, 0.15) is 37.9 Å². The van der Waals surface area contributed by atoms with E-state index < -0.39 is 0 Å². The zero-order valence-corrected chi connectivity index (χ0v) is 11.6.